The van der Waals surface area contributed by atoms with Gasteiger partial charge in [-0.1, -0.05) is 41.7 Å². The van der Waals surface area contributed by atoms with E-state index in [1.165, 1.54) is 15.6 Å². The van der Waals surface area contributed by atoms with Crippen LogP contribution >= 0.6 is 11.3 Å². The van der Waals surface area contributed by atoms with Gasteiger partial charge in [-0.2, -0.15) is 4.31 Å². The molecule has 1 N–H and O–H groups in total. The highest BCUT2D eigenvalue weighted by Gasteiger charge is 2.29. The predicted molar refractivity (Wildman–Crippen MR) is 118 cm³/mol. The van der Waals surface area contributed by atoms with Crippen molar-refractivity contribution in [2.45, 2.75) is 51.1 Å². The van der Waals surface area contributed by atoms with Gasteiger partial charge in [0.1, 0.15) is 0 Å². The second-order valence-corrected chi connectivity index (χ2v) is 10.3. The highest BCUT2D eigenvalue weighted by atomic mass is 32.2. The van der Waals surface area contributed by atoms with Crippen molar-refractivity contribution in [3.63, 3.8) is 0 Å². The zero-order chi connectivity index (χ0) is 21.2. The van der Waals surface area contributed by atoms with E-state index in [0.29, 0.717) is 15.3 Å². The standard InChI is InChI=1S/C21H25N3O3S2/c1-14(2)24(15(3)4)29(26,27)17-10-11-18-19(13-17)28-21(22-18)23-20(25)12-16-8-6-5-7-9-16/h5-11,13-15H,12H2,1-4H3,(H,22,23,25). The number of aromatic nitrogens is 1. The first-order chi connectivity index (χ1) is 13.7. The zero-order valence-electron chi connectivity index (χ0n) is 16.9. The van der Waals surface area contributed by atoms with E-state index in [1.54, 1.807) is 18.2 Å². The fourth-order valence-corrected chi connectivity index (χ4v) is 6.19. The molecule has 6 nitrogen and oxygen atoms in total. The Hall–Kier alpha value is -2.29. The lowest BCUT2D eigenvalue weighted by atomic mass is 10.1. The van der Waals surface area contributed by atoms with Crippen molar-refractivity contribution in [1.29, 1.82) is 0 Å². The van der Waals surface area contributed by atoms with Gasteiger partial charge >= 0.3 is 0 Å². The van der Waals surface area contributed by atoms with Crippen LogP contribution in [0.4, 0.5) is 5.13 Å². The smallest absolute Gasteiger partial charge is 0.243 e. The molecule has 0 radical (unpaired) electrons. The van der Waals surface area contributed by atoms with E-state index in [-0.39, 0.29) is 29.3 Å². The summed E-state index contributed by atoms with van der Waals surface area (Å²) in [5.41, 5.74) is 1.58. The Morgan fingerprint density at radius 3 is 2.34 bits per heavy atom. The first-order valence-corrected chi connectivity index (χ1v) is 11.7. The normalized spacial score (nSPS) is 12.2. The Kier molecular flexibility index (Phi) is 6.36. The maximum Gasteiger partial charge on any atom is 0.243 e. The van der Waals surface area contributed by atoms with E-state index in [0.717, 1.165) is 5.56 Å². The van der Waals surface area contributed by atoms with E-state index in [2.05, 4.69) is 10.3 Å². The Morgan fingerprint density at radius 1 is 1.07 bits per heavy atom. The molecule has 0 aliphatic heterocycles. The van der Waals surface area contributed by atoms with Crippen molar-refractivity contribution in [3.8, 4) is 0 Å². The number of carbonyl (C=O) groups excluding carboxylic acids is 1. The molecule has 3 rings (SSSR count). The highest BCUT2D eigenvalue weighted by Crippen LogP contribution is 2.30. The van der Waals surface area contributed by atoms with Crippen molar-refractivity contribution in [2.24, 2.45) is 0 Å². The fraction of sp³-hybridized carbons (Fsp3) is 0.333. The summed E-state index contributed by atoms with van der Waals surface area (Å²) < 4.78 is 28.4. The number of sulfonamides is 1. The zero-order valence-corrected chi connectivity index (χ0v) is 18.5. The molecule has 0 bridgehead atoms. The Morgan fingerprint density at radius 2 is 1.72 bits per heavy atom. The van der Waals surface area contributed by atoms with Gasteiger partial charge in [0.2, 0.25) is 15.9 Å². The molecule has 0 fully saturated rings. The molecule has 154 valence electrons. The molecule has 2 aromatic carbocycles. The molecule has 29 heavy (non-hydrogen) atoms. The third-order valence-electron chi connectivity index (χ3n) is 4.41. The first kappa shape index (κ1) is 21.4. The summed E-state index contributed by atoms with van der Waals surface area (Å²) >= 11 is 1.27. The number of benzene rings is 2. The van der Waals surface area contributed by atoms with E-state index in [4.69, 9.17) is 0 Å². The number of carbonyl (C=O) groups is 1. The van der Waals surface area contributed by atoms with Crippen molar-refractivity contribution in [2.75, 3.05) is 5.32 Å². The predicted octanol–water partition coefficient (Wildman–Crippen LogP) is 4.29. The largest absolute Gasteiger partial charge is 0.302 e. The molecule has 0 saturated carbocycles. The molecule has 0 atom stereocenters. The summed E-state index contributed by atoms with van der Waals surface area (Å²) in [6, 6.07) is 14.1. The summed E-state index contributed by atoms with van der Waals surface area (Å²) in [5, 5.41) is 3.26. The number of hydrogen-bond acceptors (Lipinski definition) is 5. The summed E-state index contributed by atoms with van der Waals surface area (Å²) in [6.45, 7) is 7.46. The van der Waals surface area contributed by atoms with Crippen LogP contribution in [0.1, 0.15) is 33.3 Å². The minimum Gasteiger partial charge on any atom is -0.302 e. The van der Waals surface area contributed by atoms with Crippen molar-refractivity contribution in [1.82, 2.24) is 9.29 Å². The summed E-state index contributed by atoms with van der Waals surface area (Å²) in [7, 11) is -3.62. The van der Waals surface area contributed by atoms with Crippen LogP contribution in [0.15, 0.2) is 53.4 Å². The molecule has 1 aromatic heterocycles. The first-order valence-electron chi connectivity index (χ1n) is 9.46. The molecule has 1 heterocycles. The van der Waals surface area contributed by atoms with Gasteiger partial charge in [-0.05, 0) is 51.5 Å². The van der Waals surface area contributed by atoms with E-state index >= 15 is 0 Å². The Labute approximate surface area is 175 Å². The Bertz CT molecular complexity index is 1100. The van der Waals surface area contributed by atoms with Crippen LogP contribution in [0, 0.1) is 0 Å². The van der Waals surface area contributed by atoms with Gasteiger partial charge < -0.3 is 5.32 Å². The quantitative estimate of drug-likeness (QED) is 0.605. The number of nitrogens with one attached hydrogen (secondary N) is 1. The minimum atomic E-state index is -3.62. The van der Waals surface area contributed by atoms with Gasteiger partial charge in [-0.3, -0.25) is 4.79 Å². The fourth-order valence-electron chi connectivity index (χ4n) is 3.34. The molecule has 0 aliphatic rings. The van der Waals surface area contributed by atoms with Crippen LogP contribution in [0.2, 0.25) is 0 Å². The van der Waals surface area contributed by atoms with Gasteiger partial charge in [0, 0.05) is 12.1 Å². The van der Waals surface area contributed by atoms with Crippen LogP contribution in [0.3, 0.4) is 0 Å². The van der Waals surface area contributed by atoms with Gasteiger partial charge in [0.15, 0.2) is 5.13 Å². The number of anilines is 1. The van der Waals surface area contributed by atoms with E-state index in [9.17, 15) is 13.2 Å². The highest BCUT2D eigenvalue weighted by molar-refractivity contribution is 7.89. The van der Waals surface area contributed by atoms with Crippen molar-refractivity contribution in [3.05, 3.63) is 54.1 Å². The summed E-state index contributed by atoms with van der Waals surface area (Å²) in [4.78, 5) is 16.9. The van der Waals surface area contributed by atoms with Gasteiger partial charge in [-0.15, -0.1) is 0 Å². The lowest BCUT2D eigenvalue weighted by Crippen LogP contribution is -2.41. The number of fused-ring (bicyclic) bond motifs is 1. The molecule has 3 aromatic rings. The molecule has 1 amide bonds. The second kappa shape index (κ2) is 8.61. The lowest BCUT2D eigenvalue weighted by molar-refractivity contribution is -0.115. The maximum absolute atomic E-state index is 13.1. The van der Waals surface area contributed by atoms with Gasteiger partial charge in [-0.25, -0.2) is 13.4 Å². The molecule has 0 aliphatic carbocycles. The van der Waals surface area contributed by atoms with Crippen molar-refractivity contribution >= 4 is 42.6 Å². The number of amides is 1. The summed E-state index contributed by atoms with van der Waals surface area (Å²) in [5.74, 6) is -0.158. The van der Waals surface area contributed by atoms with Crippen molar-refractivity contribution < 1.29 is 13.2 Å². The molecular formula is C21H25N3O3S2. The van der Waals surface area contributed by atoms with Crippen LogP contribution < -0.4 is 5.32 Å². The number of thiazole rings is 1. The SMILES string of the molecule is CC(C)N(C(C)C)S(=O)(=O)c1ccc2nc(NC(=O)Cc3ccccc3)sc2c1. The molecule has 0 spiro atoms. The minimum absolute atomic E-state index is 0.148. The van der Waals surface area contributed by atoms with Crippen LogP contribution in [-0.4, -0.2) is 35.7 Å². The lowest BCUT2D eigenvalue weighted by Gasteiger charge is -2.29. The van der Waals surface area contributed by atoms with E-state index in [1.807, 2.05) is 58.0 Å². The van der Waals surface area contributed by atoms with Crippen LogP contribution in [-0.2, 0) is 21.2 Å². The number of hydrogen-bond donors (Lipinski definition) is 1. The topological polar surface area (TPSA) is 79.4 Å². The van der Waals surface area contributed by atoms with Crippen LogP contribution in [0.5, 0.6) is 0 Å². The molecular weight excluding hydrogens is 406 g/mol. The second-order valence-electron chi connectivity index (χ2n) is 7.38. The number of rotatable bonds is 7. The maximum atomic E-state index is 13.1. The van der Waals surface area contributed by atoms with E-state index < -0.39 is 10.0 Å². The Balaban J connectivity index is 1.84. The molecule has 0 saturated heterocycles. The molecule has 0 unspecified atom stereocenters. The average Bonchev–Trinajstić information content (AvgIpc) is 3.02. The van der Waals surface area contributed by atoms with Crippen LogP contribution in [0.25, 0.3) is 10.2 Å². The third kappa shape index (κ3) is 4.83. The number of nitrogens with zero attached hydrogens (tertiary/aromatic N) is 2. The average molecular weight is 432 g/mol. The molecule has 8 heteroatoms. The third-order valence-corrected chi connectivity index (χ3v) is 7.59. The van der Waals surface area contributed by atoms with Gasteiger partial charge in [0.05, 0.1) is 21.5 Å². The summed E-state index contributed by atoms with van der Waals surface area (Å²) in [6.07, 6.45) is 0.258. The van der Waals surface area contributed by atoms with Gasteiger partial charge in [0.25, 0.3) is 0 Å². The monoisotopic (exact) mass is 431 g/mol.